The molecular weight excluding hydrogens is 314 g/mol. The lowest BCUT2D eigenvalue weighted by Gasteiger charge is -2.21. The lowest BCUT2D eigenvalue weighted by Crippen LogP contribution is -2.35. The van der Waals surface area contributed by atoms with Crippen molar-refractivity contribution in [2.24, 2.45) is 0 Å². The Morgan fingerprint density at radius 1 is 1.41 bits per heavy atom. The maximum atomic E-state index is 13.1. The van der Waals surface area contributed by atoms with Gasteiger partial charge >= 0.3 is 0 Å². The second-order valence-electron chi connectivity index (χ2n) is 6.46. The Morgan fingerprint density at radius 3 is 2.55 bits per heavy atom. The summed E-state index contributed by atoms with van der Waals surface area (Å²) in [6, 6.07) is 3.98. The zero-order chi connectivity index (χ0) is 15.8. The number of nitrogens with one attached hydrogen (secondary N) is 2. The summed E-state index contributed by atoms with van der Waals surface area (Å²) >= 11 is 0. The van der Waals surface area contributed by atoms with Gasteiger partial charge in [-0.05, 0) is 23.1 Å². The Kier molecular flexibility index (Phi) is 5.41. The van der Waals surface area contributed by atoms with Gasteiger partial charge in [0.15, 0.2) is 0 Å². The Hall–Kier alpha value is -1.40. The Labute approximate surface area is 134 Å². The van der Waals surface area contributed by atoms with E-state index in [4.69, 9.17) is 0 Å². The van der Waals surface area contributed by atoms with Crippen molar-refractivity contribution in [1.82, 2.24) is 5.32 Å². The molecule has 0 spiro atoms. The van der Waals surface area contributed by atoms with Crippen LogP contribution in [0.1, 0.15) is 32.8 Å². The molecule has 1 fully saturated rings. The van der Waals surface area contributed by atoms with Crippen LogP contribution in [0.15, 0.2) is 18.2 Å². The van der Waals surface area contributed by atoms with E-state index in [-0.39, 0.29) is 29.3 Å². The molecule has 1 amide bonds. The summed E-state index contributed by atoms with van der Waals surface area (Å²) in [5, 5.41) is 14.8. The first-order valence-corrected chi connectivity index (χ1v) is 6.84. The van der Waals surface area contributed by atoms with E-state index in [9.17, 15) is 18.7 Å². The number of phenolic OH excluding ortho intramolecular Hbond substituents is 1. The van der Waals surface area contributed by atoms with Gasteiger partial charge in [0, 0.05) is 6.42 Å². The third-order valence-corrected chi connectivity index (χ3v) is 3.55. The second-order valence-corrected chi connectivity index (χ2v) is 6.46. The van der Waals surface area contributed by atoms with Crippen LogP contribution < -0.4 is 10.6 Å². The molecule has 0 aromatic heterocycles. The third kappa shape index (κ3) is 4.30. The maximum Gasteiger partial charge on any atom is 0.262 e. The third-order valence-electron chi connectivity index (χ3n) is 3.55. The van der Waals surface area contributed by atoms with Gasteiger partial charge in [-0.1, -0.05) is 26.8 Å². The molecule has 22 heavy (non-hydrogen) atoms. The summed E-state index contributed by atoms with van der Waals surface area (Å²) < 4.78 is 26.2. The normalized spacial score (nSPS) is 20.3. The molecule has 2 rings (SSSR count). The van der Waals surface area contributed by atoms with Crippen molar-refractivity contribution in [2.45, 2.75) is 44.6 Å². The van der Waals surface area contributed by atoms with Gasteiger partial charge in [0.2, 0.25) is 5.91 Å². The lowest BCUT2D eigenvalue weighted by atomic mass is 9.87. The Morgan fingerprint density at radius 2 is 2.05 bits per heavy atom. The van der Waals surface area contributed by atoms with E-state index in [0.29, 0.717) is 0 Å². The molecule has 0 radical (unpaired) electrons. The first kappa shape index (κ1) is 18.6. The van der Waals surface area contributed by atoms with Crippen LogP contribution in [0.2, 0.25) is 0 Å². The van der Waals surface area contributed by atoms with E-state index in [0.717, 1.165) is 5.56 Å². The van der Waals surface area contributed by atoms with Crippen molar-refractivity contribution in [2.75, 3.05) is 11.9 Å². The Bertz CT molecular complexity index is 559. The standard InChI is InChI=1S/C15H20F2N2O2.ClH/c1-14(2,3)9-4-5-12(20)10(6-9)19-13(21)11-7-15(16,17)8-18-11;/h4-6,11,18,20H,7-8H2,1-3H3,(H,19,21);1H. The van der Waals surface area contributed by atoms with Crippen molar-refractivity contribution in [3.05, 3.63) is 23.8 Å². The number of carbonyl (C=O) groups is 1. The zero-order valence-corrected chi connectivity index (χ0v) is 13.6. The summed E-state index contributed by atoms with van der Waals surface area (Å²) in [5.74, 6) is -3.51. The summed E-state index contributed by atoms with van der Waals surface area (Å²) in [5.41, 5.74) is 1.02. The van der Waals surface area contributed by atoms with E-state index in [1.54, 1.807) is 12.1 Å². The van der Waals surface area contributed by atoms with E-state index < -0.39 is 30.8 Å². The minimum Gasteiger partial charge on any atom is -0.506 e. The van der Waals surface area contributed by atoms with Gasteiger partial charge in [0.05, 0.1) is 18.3 Å². The highest BCUT2D eigenvalue weighted by Crippen LogP contribution is 2.31. The number of aromatic hydroxyl groups is 1. The van der Waals surface area contributed by atoms with Crippen LogP contribution in [0.4, 0.5) is 14.5 Å². The second kappa shape index (κ2) is 6.38. The van der Waals surface area contributed by atoms with Crippen LogP contribution in [-0.2, 0) is 10.2 Å². The fourth-order valence-corrected chi connectivity index (χ4v) is 2.22. The van der Waals surface area contributed by atoms with Crippen molar-refractivity contribution in [3.63, 3.8) is 0 Å². The molecule has 1 aromatic carbocycles. The van der Waals surface area contributed by atoms with Crippen molar-refractivity contribution in [1.29, 1.82) is 0 Å². The molecule has 1 aromatic rings. The summed E-state index contributed by atoms with van der Waals surface area (Å²) in [7, 11) is 0. The number of anilines is 1. The highest BCUT2D eigenvalue weighted by atomic mass is 35.5. The van der Waals surface area contributed by atoms with Gasteiger partial charge in [-0.3, -0.25) is 10.1 Å². The molecule has 1 aliphatic rings. The molecule has 1 unspecified atom stereocenters. The van der Waals surface area contributed by atoms with Crippen LogP contribution in [0.25, 0.3) is 0 Å². The number of hydrogen-bond donors (Lipinski definition) is 3. The molecule has 1 heterocycles. The van der Waals surface area contributed by atoms with E-state index in [1.807, 2.05) is 20.8 Å². The highest BCUT2D eigenvalue weighted by Gasteiger charge is 2.42. The van der Waals surface area contributed by atoms with E-state index >= 15 is 0 Å². The van der Waals surface area contributed by atoms with Crippen molar-refractivity contribution >= 4 is 24.0 Å². The molecule has 7 heteroatoms. The number of alkyl halides is 2. The van der Waals surface area contributed by atoms with E-state index in [1.165, 1.54) is 6.07 Å². The maximum absolute atomic E-state index is 13.1. The lowest BCUT2D eigenvalue weighted by molar-refractivity contribution is -0.118. The average molecular weight is 335 g/mol. The fourth-order valence-electron chi connectivity index (χ4n) is 2.22. The first-order valence-electron chi connectivity index (χ1n) is 6.84. The molecule has 4 nitrogen and oxygen atoms in total. The topological polar surface area (TPSA) is 61.4 Å². The number of carbonyl (C=O) groups excluding carboxylic acids is 1. The number of benzene rings is 1. The zero-order valence-electron chi connectivity index (χ0n) is 12.7. The minimum atomic E-state index is -2.86. The summed E-state index contributed by atoms with van der Waals surface area (Å²) in [6.45, 7) is 5.51. The van der Waals surface area contributed by atoms with E-state index in [2.05, 4.69) is 10.6 Å². The molecule has 0 aliphatic carbocycles. The molecule has 3 N–H and O–H groups in total. The van der Waals surface area contributed by atoms with Crippen LogP contribution in [0.3, 0.4) is 0 Å². The van der Waals surface area contributed by atoms with Gasteiger partial charge < -0.3 is 10.4 Å². The van der Waals surface area contributed by atoms with Crippen molar-refractivity contribution < 1.29 is 18.7 Å². The van der Waals surface area contributed by atoms with Gasteiger partial charge in [-0.2, -0.15) is 0 Å². The number of rotatable bonds is 2. The highest BCUT2D eigenvalue weighted by molar-refractivity contribution is 5.96. The van der Waals surface area contributed by atoms with Crippen LogP contribution in [0.5, 0.6) is 5.75 Å². The predicted octanol–water partition coefficient (Wildman–Crippen LogP) is 3.05. The first-order chi connectivity index (χ1) is 9.58. The van der Waals surface area contributed by atoms with Gasteiger partial charge in [-0.15, -0.1) is 12.4 Å². The minimum absolute atomic E-state index is 0. The van der Waals surface area contributed by atoms with Crippen LogP contribution in [0, 0.1) is 0 Å². The van der Waals surface area contributed by atoms with Crippen LogP contribution >= 0.6 is 12.4 Å². The van der Waals surface area contributed by atoms with Crippen molar-refractivity contribution in [3.8, 4) is 5.75 Å². The molecule has 124 valence electrons. The predicted molar refractivity (Wildman–Crippen MR) is 84.0 cm³/mol. The van der Waals surface area contributed by atoms with Gasteiger partial charge in [-0.25, -0.2) is 8.78 Å². The smallest absolute Gasteiger partial charge is 0.262 e. The number of amides is 1. The monoisotopic (exact) mass is 334 g/mol. The van der Waals surface area contributed by atoms with Crippen LogP contribution in [-0.4, -0.2) is 29.5 Å². The number of halogens is 3. The number of hydrogen-bond acceptors (Lipinski definition) is 3. The molecule has 0 bridgehead atoms. The summed E-state index contributed by atoms with van der Waals surface area (Å²) in [6.07, 6.45) is -0.529. The molecule has 1 atom stereocenters. The quantitative estimate of drug-likeness (QED) is 0.728. The Balaban J connectivity index is 0.00000242. The van der Waals surface area contributed by atoms with Gasteiger partial charge in [0.25, 0.3) is 5.92 Å². The largest absolute Gasteiger partial charge is 0.506 e. The SMILES string of the molecule is CC(C)(C)c1ccc(O)c(NC(=O)C2CC(F)(F)CN2)c1.Cl. The molecule has 0 saturated carbocycles. The molecule has 1 saturated heterocycles. The number of phenols is 1. The summed E-state index contributed by atoms with van der Waals surface area (Å²) in [4.78, 5) is 12.0. The van der Waals surface area contributed by atoms with Gasteiger partial charge in [0.1, 0.15) is 5.75 Å². The fraction of sp³-hybridized carbons (Fsp3) is 0.533. The molecule has 1 aliphatic heterocycles. The average Bonchev–Trinajstić information content (AvgIpc) is 2.71. The molecular formula is C15H21ClF2N2O2.